The van der Waals surface area contributed by atoms with Crippen LogP contribution >= 0.6 is 11.6 Å². The minimum atomic E-state index is -0.369. The van der Waals surface area contributed by atoms with Gasteiger partial charge in [0, 0.05) is 50.6 Å². The highest BCUT2D eigenvalue weighted by atomic mass is 35.5. The molecule has 1 aliphatic heterocycles. The van der Waals surface area contributed by atoms with Gasteiger partial charge in [-0.2, -0.15) is 0 Å². The lowest BCUT2D eigenvalue weighted by molar-refractivity contribution is -0.126. The van der Waals surface area contributed by atoms with Gasteiger partial charge in [-0.25, -0.2) is 4.98 Å². The minimum Gasteiger partial charge on any atom is -0.495 e. The minimum absolute atomic E-state index is 0.0840. The van der Waals surface area contributed by atoms with Gasteiger partial charge in [0.2, 0.25) is 11.8 Å². The summed E-state index contributed by atoms with van der Waals surface area (Å²) in [5, 5.41) is 3.36. The first-order chi connectivity index (χ1) is 13.0. The highest BCUT2D eigenvalue weighted by Gasteiger charge is 2.35. The number of nitrogens with one attached hydrogen (secondary N) is 1. The highest BCUT2D eigenvalue weighted by Crippen LogP contribution is 2.32. The Balaban J connectivity index is 1.56. The molecule has 144 valence electrons. The van der Waals surface area contributed by atoms with E-state index >= 15 is 0 Å². The van der Waals surface area contributed by atoms with E-state index in [0.29, 0.717) is 36.1 Å². The van der Waals surface area contributed by atoms with Crippen LogP contribution in [0.5, 0.6) is 5.75 Å². The van der Waals surface area contributed by atoms with Crippen molar-refractivity contribution >= 4 is 29.1 Å². The standard InChI is InChI=1S/C19H23ClN4O3/c1-3-17-21-6-8-23(17)9-7-22-19(26)13-10-18(25)24(12-13)14-4-5-16(27-2)15(20)11-14/h4-6,8,11,13H,3,7,9-10,12H2,1-2H3,(H,22,26). The molecule has 1 saturated heterocycles. The first-order valence-corrected chi connectivity index (χ1v) is 9.33. The van der Waals surface area contributed by atoms with Crippen molar-refractivity contribution in [3.05, 3.63) is 41.4 Å². The van der Waals surface area contributed by atoms with Crippen molar-refractivity contribution in [3.63, 3.8) is 0 Å². The largest absolute Gasteiger partial charge is 0.495 e. The van der Waals surface area contributed by atoms with Crippen molar-refractivity contribution in [1.82, 2.24) is 14.9 Å². The molecule has 27 heavy (non-hydrogen) atoms. The summed E-state index contributed by atoms with van der Waals surface area (Å²) < 4.78 is 7.15. The Hall–Kier alpha value is -2.54. The summed E-state index contributed by atoms with van der Waals surface area (Å²) in [6.07, 6.45) is 4.70. The van der Waals surface area contributed by atoms with Crippen molar-refractivity contribution in [3.8, 4) is 5.75 Å². The predicted octanol–water partition coefficient (Wildman–Crippen LogP) is 2.28. The van der Waals surface area contributed by atoms with Crippen LogP contribution in [0, 0.1) is 5.92 Å². The summed E-state index contributed by atoms with van der Waals surface area (Å²) >= 11 is 6.15. The summed E-state index contributed by atoms with van der Waals surface area (Å²) in [5.74, 6) is 0.977. The molecule has 0 aliphatic carbocycles. The number of nitrogens with zero attached hydrogens (tertiary/aromatic N) is 3. The lowest BCUT2D eigenvalue weighted by Gasteiger charge is -2.18. The van der Waals surface area contributed by atoms with Crippen LogP contribution in [-0.4, -0.2) is 41.6 Å². The fourth-order valence-electron chi connectivity index (χ4n) is 3.26. The zero-order valence-corrected chi connectivity index (χ0v) is 16.2. The number of rotatable bonds is 7. The maximum Gasteiger partial charge on any atom is 0.227 e. The van der Waals surface area contributed by atoms with E-state index in [9.17, 15) is 9.59 Å². The quantitative estimate of drug-likeness (QED) is 0.786. The molecule has 2 heterocycles. The van der Waals surface area contributed by atoms with E-state index in [1.807, 2.05) is 17.7 Å². The molecule has 1 aromatic heterocycles. The van der Waals surface area contributed by atoms with Gasteiger partial charge in [0.25, 0.3) is 0 Å². The summed E-state index contributed by atoms with van der Waals surface area (Å²) in [5.41, 5.74) is 0.673. The fraction of sp³-hybridized carbons (Fsp3) is 0.421. The average molecular weight is 391 g/mol. The van der Waals surface area contributed by atoms with Crippen molar-refractivity contribution < 1.29 is 14.3 Å². The van der Waals surface area contributed by atoms with Crippen LogP contribution in [0.1, 0.15) is 19.2 Å². The third-order valence-electron chi connectivity index (χ3n) is 4.71. The molecular formula is C19H23ClN4O3. The van der Waals surface area contributed by atoms with Gasteiger partial charge >= 0.3 is 0 Å². The smallest absolute Gasteiger partial charge is 0.227 e. The predicted molar refractivity (Wildman–Crippen MR) is 103 cm³/mol. The molecule has 0 spiro atoms. The van der Waals surface area contributed by atoms with E-state index in [4.69, 9.17) is 16.3 Å². The summed E-state index contributed by atoms with van der Waals surface area (Å²) in [7, 11) is 1.54. The Morgan fingerprint density at radius 1 is 1.44 bits per heavy atom. The maximum atomic E-state index is 12.5. The number of ether oxygens (including phenoxy) is 1. The Kier molecular flexibility index (Phi) is 6.01. The normalized spacial score (nSPS) is 16.6. The molecule has 1 unspecified atom stereocenters. The third-order valence-corrected chi connectivity index (χ3v) is 5.01. The topological polar surface area (TPSA) is 76.5 Å². The van der Waals surface area contributed by atoms with Gasteiger partial charge < -0.3 is 19.5 Å². The summed E-state index contributed by atoms with van der Waals surface area (Å²) in [6, 6.07) is 5.17. The van der Waals surface area contributed by atoms with Gasteiger partial charge in [-0.15, -0.1) is 0 Å². The zero-order valence-electron chi connectivity index (χ0n) is 15.4. The van der Waals surface area contributed by atoms with E-state index in [-0.39, 0.29) is 24.2 Å². The molecule has 1 aliphatic rings. The van der Waals surface area contributed by atoms with Crippen LogP contribution in [0.2, 0.25) is 5.02 Å². The van der Waals surface area contributed by atoms with E-state index in [0.717, 1.165) is 12.2 Å². The molecule has 1 atom stereocenters. The van der Waals surface area contributed by atoms with Gasteiger partial charge in [0.05, 0.1) is 18.1 Å². The van der Waals surface area contributed by atoms with Crippen molar-refractivity contribution in [2.24, 2.45) is 5.92 Å². The van der Waals surface area contributed by atoms with Crippen molar-refractivity contribution in [1.29, 1.82) is 0 Å². The molecule has 1 fully saturated rings. The van der Waals surface area contributed by atoms with Crippen LogP contribution in [-0.2, 0) is 22.6 Å². The number of carbonyl (C=O) groups is 2. The number of anilines is 1. The number of amides is 2. The Bertz CT molecular complexity index is 836. The first kappa shape index (κ1) is 19.2. The number of methoxy groups -OCH3 is 1. The number of hydrogen-bond donors (Lipinski definition) is 1. The molecule has 3 rings (SSSR count). The number of aryl methyl sites for hydroxylation is 1. The second-order valence-electron chi connectivity index (χ2n) is 6.41. The van der Waals surface area contributed by atoms with Crippen molar-refractivity contribution in [2.45, 2.75) is 26.3 Å². The van der Waals surface area contributed by atoms with E-state index < -0.39 is 0 Å². The molecule has 0 bridgehead atoms. The second kappa shape index (κ2) is 8.43. The van der Waals surface area contributed by atoms with Gasteiger partial charge in [-0.05, 0) is 18.2 Å². The number of imidazole rings is 1. The van der Waals surface area contributed by atoms with Crippen LogP contribution in [0.3, 0.4) is 0 Å². The Morgan fingerprint density at radius 2 is 2.26 bits per heavy atom. The monoisotopic (exact) mass is 390 g/mol. The molecule has 2 amide bonds. The lowest BCUT2D eigenvalue weighted by Crippen LogP contribution is -2.34. The van der Waals surface area contributed by atoms with Crippen LogP contribution in [0.4, 0.5) is 5.69 Å². The van der Waals surface area contributed by atoms with Gasteiger partial charge in [0.1, 0.15) is 11.6 Å². The lowest BCUT2D eigenvalue weighted by atomic mass is 10.1. The average Bonchev–Trinajstić information content (AvgIpc) is 3.27. The van der Waals surface area contributed by atoms with Gasteiger partial charge in [-0.1, -0.05) is 18.5 Å². The molecule has 1 N–H and O–H groups in total. The molecule has 1 aromatic carbocycles. The molecule has 2 aromatic rings. The summed E-state index contributed by atoms with van der Waals surface area (Å²) in [4.78, 5) is 30.7. The second-order valence-corrected chi connectivity index (χ2v) is 6.81. The van der Waals surface area contributed by atoms with E-state index in [2.05, 4.69) is 10.3 Å². The van der Waals surface area contributed by atoms with Crippen LogP contribution < -0.4 is 15.0 Å². The molecular weight excluding hydrogens is 368 g/mol. The zero-order chi connectivity index (χ0) is 19.4. The van der Waals surface area contributed by atoms with E-state index in [1.165, 1.54) is 7.11 Å². The SMILES string of the molecule is CCc1nccn1CCNC(=O)C1CC(=O)N(c2ccc(OC)c(Cl)c2)C1. The highest BCUT2D eigenvalue weighted by molar-refractivity contribution is 6.32. The molecule has 0 saturated carbocycles. The molecule has 8 heteroatoms. The number of hydrogen-bond acceptors (Lipinski definition) is 4. The first-order valence-electron chi connectivity index (χ1n) is 8.95. The molecule has 0 radical (unpaired) electrons. The number of halogens is 1. The number of benzene rings is 1. The van der Waals surface area contributed by atoms with Crippen LogP contribution in [0.15, 0.2) is 30.6 Å². The van der Waals surface area contributed by atoms with Gasteiger partial charge in [0.15, 0.2) is 0 Å². The number of carbonyl (C=O) groups excluding carboxylic acids is 2. The van der Waals surface area contributed by atoms with Crippen molar-refractivity contribution in [2.75, 3.05) is 25.1 Å². The summed E-state index contributed by atoms with van der Waals surface area (Å²) in [6.45, 7) is 3.55. The fourth-order valence-corrected chi connectivity index (χ4v) is 3.51. The maximum absolute atomic E-state index is 12.5. The van der Waals surface area contributed by atoms with E-state index in [1.54, 1.807) is 29.3 Å². The number of aromatic nitrogens is 2. The third kappa shape index (κ3) is 4.24. The van der Waals surface area contributed by atoms with Crippen LogP contribution in [0.25, 0.3) is 0 Å². The Labute approximate surface area is 163 Å². The van der Waals surface area contributed by atoms with Gasteiger partial charge in [-0.3, -0.25) is 9.59 Å². The Morgan fingerprint density at radius 3 is 2.96 bits per heavy atom. The molecule has 7 nitrogen and oxygen atoms in total.